The summed E-state index contributed by atoms with van der Waals surface area (Å²) in [5, 5.41) is 0. The maximum Gasteiger partial charge on any atom is 0.414 e. The number of hydrogen-bond donors (Lipinski definition) is 0. The molecule has 0 amide bonds. The minimum absolute atomic E-state index is 3.99. The fourth-order valence-electron chi connectivity index (χ4n) is 0.186. The molecule has 0 rings (SSSR count). The van der Waals surface area contributed by atoms with E-state index >= 15 is 0 Å². The first kappa shape index (κ1) is 9.54. The lowest BCUT2D eigenvalue weighted by Gasteiger charge is -2.16. The number of nitrogens with one attached hydrogen (secondary N) is 1. The zero-order chi connectivity index (χ0) is 8.58. The lowest BCUT2D eigenvalue weighted by molar-refractivity contribution is -0.251. The van der Waals surface area contributed by atoms with Crippen LogP contribution in [0.4, 0.5) is 26.3 Å². The molecule has 0 fully saturated rings. The summed E-state index contributed by atoms with van der Waals surface area (Å²) in [5.41, 5.74) is 5.62. The molecular weight excluding hydrogens is 164 g/mol. The molecule has 0 aliphatic carbocycles. The minimum atomic E-state index is -5.52. The predicted molar refractivity (Wildman–Crippen MR) is 19.0 cm³/mol. The summed E-state index contributed by atoms with van der Waals surface area (Å²) in [6.45, 7) is 0. The number of halogens is 6. The Morgan fingerprint density at radius 2 is 1.00 bits per heavy atom. The van der Waals surface area contributed by atoms with Crippen molar-refractivity contribution in [2.24, 2.45) is 0 Å². The van der Waals surface area contributed by atoms with E-state index in [4.69, 9.17) is 5.73 Å². The summed E-state index contributed by atoms with van der Waals surface area (Å²) in [5.74, 6) is 0. The quantitative estimate of drug-likeness (QED) is 0.489. The van der Waals surface area contributed by atoms with Crippen LogP contribution in [0.3, 0.4) is 0 Å². The second kappa shape index (κ2) is 2.30. The fraction of sp³-hybridized carbons (Fsp3) is 1.00. The van der Waals surface area contributed by atoms with Gasteiger partial charge in [0.1, 0.15) is 0 Å². The Balaban J connectivity index is 4.23. The standard InChI is InChI=1S/C3H2F6N/c4-2(5,6)1(10)3(7,8)9/h1,10H. The van der Waals surface area contributed by atoms with Crippen LogP contribution in [0.2, 0.25) is 0 Å². The fourth-order valence-corrected chi connectivity index (χ4v) is 0.186. The van der Waals surface area contributed by atoms with Crippen molar-refractivity contribution in [3.63, 3.8) is 0 Å². The van der Waals surface area contributed by atoms with E-state index in [9.17, 15) is 26.3 Å². The van der Waals surface area contributed by atoms with Crippen molar-refractivity contribution in [3.8, 4) is 0 Å². The zero-order valence-corrected chi connectivity index (χ0v) is 4.35. The first-order valence-electron chi connectivity index (χ1n) is 2.00. The van der Waals surface area contributed by atoms with Crippen molar-refractivity contribution in [1.82, 2.24) is 5.73 Å². The van der Waals surface area contributed by atoms with Gasteiger partial charge < -0.3 is 0 Å². The molecule has 7 heteroatoms. The smallest absolute Gasteiger partial charge is 0.237 e. The number of rotatable bonds is 0. The van der Waals surface area contributed by atoms with Gasteiger partial charge in [-0.2, -0.15) is 26.3 Å². The van der Waals surface area contributed by atoms with Gasteiger partial charge >= 0.3 is 12.4 Å². The minimum Gasteiger partial charge on any atom is -0.237 e. The van der Waals surface area contributed by atoms with E-state index in [2.05, 4.69) is 0 Å². The molecule has 0 spiro atoms. The van der Waals surface area contributed by atoms with E-state index in [1.807, 2.05) is 0 Å². The van der Waals surface area contributed by atoms with Crippen LogP contribution in [0, 0.1) is 0 Å². The topological polar surface area (TPSA) is 23.8 Å². The van der Waals surface area contributed by atoms with Crippen molar-refractivity contribution in [2.75, 3.05) is 0 Å². The molecule has 61 valence electrons. The zero-order valence-electron chi connectivity index (χ0n) is 4.35. The number of alkyl halides is 6. The maximum atomic E-state index is 11.0. The highest BCUT2D eigenvalue weighted by molar-refractivity contribution is 4.77. The third-order valence-electron chi connectivity index (χ3n) is 0.655. The molecule has 10 heavy (non-hydrogen) atoms. The maximum absolute atomic E-state index is 11.0. The third-order valence-corrected chi connectivity index (χ3v) is 0.655. The largest absolute Gasteiger partial charge is 0.414 e. The SMILES string of the molecule is [NH]C(C(F)(F)F)C(F)(F)F. The Kier molecular flexibility index (Phi) is 2.19. The molecule has 0 atom stereocenters. The van der Waals surface area contributed by atoms with Gasteiger partial charge in [0.15, 0.2) is 0 Å². The summed E-state index contributed by atoms with van der Waals surface area (Å²) in [4.78, 5) is 0. The van der Waals surface area contributed by atoms with Gasteiger partial charge in [-0.25, -0.2) is 5.73 Å². The van der Waals surface area contributed by atoms with Gasteiger partial charge in [0.05, 0.1) is 0 Å². The van der Waals surface area contributed by atoms with Crippen LogP contribution in [0.25, 0.3) is 0 Å². The molecule has 0 aromatic heterocycles. The van der Waals surface area contributed by atoms with E-state index in [0.29, 0.717) is 0 Å². The van der Waals surface area contributed by atoms with Crippen molar-refractivity contribution < 1.29 is 26.3 Å². The van der Waals surface area contributed by atoms with Crippen LogP contribution in [0.1, 0.15) is 0 Å². The molecular formula is C3H2F6N. The Labute approximate surface area is 51.8 Å². The van der Waals surface area contributed by atoms with Crippen molar-refractivity contribution >= 4 is 0 Å². The van der Waals surface area contributed by atoms with E-state index in [-0.39, 0.29) is 0 Å². The summed E-state index contributed by atoms with van der Waals surface area (Å²) < 4.78 is 66.2. The molecule has 0 unspecified atom stereocenters. The van der Waals surface area contributed by atoms with Gasteiger partial charge in [0.2, 0.25) is 6.04 Å². The molecule has 0 aliphatic heterocycles. The van der Waals surface area contributed by atoms with Gasteiger partial charge in [-0.05, 0) is 0 Å². The Morgan fingerprint density at radius 1 is 0.800 bits per heavy atom. The second-order valence-electron chi connectivity index (χ2n) is 1.52. The van der Waals surface area contributed by atoms with Gasteiger partial charge in [0.25, 0.3) is 0 Å². The Bertz CT molecular complexity index is 97.1. The normalized spacial score (nSPS) is 14.4. The van der Waals surface area contributed by atoms with E-state index in [1.165, 1.54) is 0 Å². The van der Waals surface area contributed by atoms with Gasteiger partial charge in [-0.15, -0.1) is 0 Å². The monoisotopic (exact) mass is 166 g/mol. The van der Waals surface area contributed by atoms with Crippen molar-refractivity contribution in [1.29, 1.82) is 0 Å². The Hall–Kier alpha value is -0.460. The van der Waals surface area contributed by atoms with E-state index < -0.39 is 18.4 Å². The van der Waals surface area contributed by atoms with Gasteiger partial charge in [-0.3, -0.25) is 0 Å². The van der Waals surface area contributed by atoms with Crippen molar-refractivity contribution in [2.45, 2.75) is 18.4 Å². The predicted octanol–water partition coefficient (Wildman–Crippen LogP) is 1.76. The highest BCUT2D eigenvalue weighted by Crippen LogP contribution is 2.32. The first-order valence-corrected chi connectivity index (χ1v) is 2.00. The average molecular weight is 166 g/mol. The summed E-state index contributed by atoms with van der Waals surface area (Å²) in [6.07, 6.45) is -11.0. The molecule has 0 aromatic carbocycles. The molecule has 0 aromatic rings. The van der Waals surface area contributed by atoms with Gasteiger partial charge in [-0.1, -0.05) is 0 Å². The molecule has 0 saturated carbocycles. The highest BCUT2D eigenvalue weighted by Gasteiger charge is 2.54. The third kappa shape index (κ3) is 2.42. The van der Waals surface area contributed by atoms with Crippen LogP contribution < -0.4 is 5.73 Å². The second-order valence-corrected chi connectivity index (χ2v) is 1.52. The molecule has 1 nitrogen and oxygen atoms in total. The van der Waals surface area contributed by atoms with Crippen LogP contribution in [0.5, 0.6) is 0 Å². The average Bonchev–Trinajstić information content (AvgIpc) is 1.59. The van der Waals surface area contributed by atoms with E-state index in [0.717, 1.165) is 0 Å². The van der Waals surface area contributed by atoms with Crippen LogP contribution in [-0.4, -0.2) is 18.4 Å². The van der Waals surface area contributed by atoms with Crippen LogP contribution in [0.15, 0.2) is 0 Å². The molecule has 1 N–H and O–H groups in total. The molecule has 0 saturated heterocycles. The summed E-state index contributed by atoms with van der Waals surface area (Å²) >= 11 is 0. The highest BCUT2D eigenvalue weighted by atomic mass is 19.4. The van der Waals surface area contributed by atoms with Crippen LogP contribution >= 0.6 is 0 Å². The summed E-state index contributed by atoms with van der Waals surface area (Å²) in [6, 6.07) is -3.99. The van der Waals surface area contributed by atoms with Crippen LogP contribution in [-0.2, 0) is 0 Å². The van der Waals surface area contributed by atoms with Crippen molar-refractivity contribution in [3.05, 3.63) is 0 Å². The van der Waals surface area contributed by atoms with E-state index in [1.54, 1.807) is 0 Å². The van der Waals surface area contributed by atoms with Gasteiger partial charge in [0, 0.05) is 0 Å². The summed E-state index contributed by atoms with van der Waals surface area (Å²) in [7, 11) is 0. The lowest BCUT2D eigenvalue weighted by Crippen LogP contribution is -2.43. The molecule has 0 heterocycles. The number of hydrogen-bond acceptors (Lipinski definition) is 0. The molecule has 0 aliphatic rings. The molecule has 0 bridgehead atoms. The first-order chi connectivity index (χ1) is 4.15. The lowest BCUT2D eigenvalue weighted by atomic mass is 10.3. The molecule has 1 radical (unpaired) electrons. The Morgan fingerprint density at radius 3 is 1.00 bits per heavy atom.